The van der Waals surface area contributed by atoms with E-state index in [1.165, 1.54) is 0 Å². The molecular formula is C6H12N4O2. The van der Waals surface area contributed by atoms with Gasteiger partial charge in [-0.1, -0.05) is 12.1 Å². The van der Waals surface area contributed by atoms with Crippen LogP contribution < -0.4 is 11.0 Å². The fraction of sp³-hybridized carbons (Fsp3) is 0.833. The summed E-state index contributed by atoms with van der Waals surface area (Å²) in [5.41, 5.74) is 4.82. The highest BCUT2D eigenvalue weighted by atomic mass is 16.4. The van der Waals surface area contributed by atoms with Gasteiger partial charge >= 0.3 is 5.97 Å². The van der Waals surface area contributed by atoms with Crippen LogP contribution in [0.1, 0.15) is 26.2 Å². The maximum atomic E-state index is 10.3. The van der Waals surface area contributed by atoms with Crippen LogP contribution in [-0.4, -0.2) is 16.7 Å². The van der Waals surface area contributed by atoms with Crippen LogP contribution in [0.3, 0.4) is 0 Å². The predicted molar refractivity (Wildman–Crippen MR) is 41.0 cm³/mol. The molecule has 1 heterocycles. The zero-order chi connectivity index (χ0) is 9.03. The highest BCUT2D eigenvalue weighted by Crippen LogP contribution is 2.21. The van der Waals surface area contributed by atoms with Gasteiger partial charge in [-0.3, -0.25) is 4.79 Å². The Bertz CT molecular complexity index is 206. The van der Waals surface area contributed by atoms with E-state index < -0.39 is 11.6 Å². The lowest BCUT2D eigenvalue weighted by Crippen LogP contribution is -2.44. The molecule has 68 valence electrons. The summed E-state index contributed by atoms with van der Waals surface area (Å²) in [6, 6.07) is 0. The van der Waals surface area contributed by atoms with Gasteiger partial charge in [-0.25, -0.2) is 5.53 Å². The number of carboxylic acids is 1. The average molecular weight is 172 g/mol. The Morgan fingerprint density at radius 2 is 2.42 bits per heavy atom. The highest BCUT2D eigenvalue weighted by molar-refractivity contribution is 5.66. The molecule has 0 radical (unpaired) electrons. The van der Waals surface area contributed by atoms with E-state index in [0.29, 0.717) is 6.42 Å². The second-order valence-electron chi connectivity index (χ2n) is 2.72. The number of hydrogen-bond acceptors (Lipinski definition) is 5. The van der Waals surface area contributed by atoms with Crippen LogP contribution in [0.5, 0.6) is 0 Å². The number of hydrazine groups is 1. The third-order valence-electron chi connectivity index (χ3n) is 1.92. The van der Waals surface area contributed by atoms with E-state index in [2.05, 4.69) is 21.3 Å². The number of nitrogens with zero attached hydrogens (tertiary/aromatic N) is 2. The average Bonchev–Trinajstić information content (AvgIpc) is 2.50. The molecule has 0 aliphatic carbocycles. The quantitative estimate of drug-likeness (QED) is 0.574. The van der Waals surface area contributed by atoms with Crippen molar-refractivity contribution in [2.24, 2.45) is 10.3 Å². The van der Waals surface area contributed by atoms with Crippen LogP contribution >= 0.6 is 0 Å². The van der Waals surface area contributed by atoms with Crippen LogP contribution in [-0.2, 0) is 4.79 Å². The molecule has 6 heteroatoms. The topological polar surface area (TPSA) is 86.1 Å². The summed E-state index contributed by atoms with van der Waals surface area (Å²) in [5, 5.41) is 15.9. The van der Waals surface area contributed by atoms with E-state index in [0.717, 1.165) is 6.42 Å². The summed E-state index contributed by atoms with van der Waals surface area (Å²) in [4.78, 5) is 10.3. The van der Waals surface area contributed by atoms with E-state index in [-0.39, 0.29) is 6.42 Å². The Morgan fingerprint density at radius 3 is 2.83 bits per heavy atom. The monoisotopic (exact) mass is 172 g/mol. The Morgan fingerprint density at radius 1 is 1.67 bits per heavy atom. The van der Waals surface area contributed by atoms with E-state index in [9.17, 15) is 4.79 Å². The van der Waals surface area contributed by atoms with Crippen LogP contribution in [0.15, 0.2) is 10.3 Å². The Labute approximate surface area is 70.0 Å². The van der Waals surface area contributed by atoms with Crippen LogP contribution in [0.2, 0.25) is 0 Å². The second-order valence-corrected chi connectivity index (χ2v) is 2.72. The zero-order valence-electron chi connectivity index (χ0n) is 6.87. The third-order valence-corrected chi connectivity index (χ3v) is 1.92. The minimum absolute atomic E-state index is 0.0987. The normalized spacial score (nSPS) is 27.1. The van der Waals surface area contributed by atoms with Gasteiger partial charge in [0.25, 0.3) is 0 Å². The summed E-state index contributed by atoms with van der Waals surface area (Å²) in [7, 11) is 0. The lowest BCUT2D eigenvalue weighted by molar-refractivity contribution is -0.137. The van der Waals surface area contributed by atoms with E-state index >= 15 is 0 Å². The van der Waals surface area contributed by atoms with Crippen molar-refractivity contribution in [1.82, 2.24) is 11.0 Å². The number of hydrogen-bond donors (Lipinski definition) is 3. The Hall–Kier alpha value is -1.17. The minimum atomic E-state index is -0.813. The van der Waals surface area contributed by atoms with Gasteiger partial charge < -0.3 is 5.11 Å². The molecule has 0 fully saturated rings. The Balaban J connectivity index is 2.45. The summed E-state index contributed by atoms with van der Waals surface area (Å²) in [6.45, 7) is 1.93. The number of carbonyl (C=O) groups is 1. The van der Waals surface area contributed by atoms with Crippen LogP contribution in [0.4, 0.5) is 0 Å². The van der Waals surface area contributed by atoms with Crippen LogP contribution in [0, 0.1) is 0 Å². The molecule has 0 aromatic rings. The molecule has 1 aliphatic rings. The number of carboxylic acid groups (broad SMARTS) is 1. The Kier molecular flexibility index (Phi) is 2.59. The molecule has 1 unspecified atom stereocenters. The van der Waals surface area contributed by atoms with Crippen molar-refractivity contribution in [3.63, 3.8) is 0 Å². The molecule has 12 heavy (non-hydrogen) atoms. The fourth-order valence-electron chi connectivity index (χ4n) is 1.04. The predicted octanol–water partition coefficient (Wildman–Crippen LogP) is 0.432. The lowest BCUT2D eigenvalue weighted by atomic mass is 10.0. The van der Waals surface area contributed by atoms with Gasteiger partial charge in [0.1, 0.15) is 0 Å². The highest BCUT2D eigenvalue weighted by Gasteiger charge is 2.31. The largest absolute Gasteiger partial charge is 0.481 e. The summed E-state index contributed by atoms with van der Waals surface area (Å²) < 4.78 is 0. The van der Waals surface area contributed by atoms with Gasteiger partial charge in [-0.15, -0.1) is 5.11 Å². The molecule has 0 saturated carbocycles. The molecule has 0 spiro atoms. The summed E-state index contributed by atoms with van der Waals surface area (Å²) in [5.74, 6) is -0.813. The summed E-state index contributed by atoms with van der Waals surface area (Å²) in [6.07, 6.45) is 1.27. The van der Waals surface area contributed by atoms with Gasteiger partial charge in [-0.2, -0.15) is 5.43 Å². The maximum Gasteiger partial charge on any atom is 0.303 e. The van der Waals surface area contributed by atoms with Crippen molar-refractivity contribution in [1.29, 1.82) is 0 Å². The van der Waals surface area contributed by atoms with Crippen molar-refractivity contribution >= 4 is 5.97 Å². The minimum Gasteiger partial charge on any atom is -0.481 e. The fourth-order valence-corrected chi connectivity index (χ4v) is 1.04. The van der Waals surface area contributed by atoms with Crippen molar-refractivity contribution < 1.29 is 9.90 Å². The molecule has 0 bridgehead atoms. The SMILES string of the molecule is CCC1(CCC(=O)O)N=NNN1. The van der Waals surface area contributed by atoms with E-state index in [4.69, 9.17) is 5.11 Å². The van der Waals surface area contributed by atoms with Crippen molar-refractivity contribution in [3.8, 4) is 0 Å². The van der Waals surface area contributed by atoms with Crippen molar-refractivity contribution in [2.75, 3.05) is 0 Å². The number of aliphatic carboxylic acids is 1. The lowest BCUT2D eigenvalue weighted by Gasteiger charge is -2.20. The molecule has 1 aliphatic heterocycles. The molecule has 0 aromatic carbocycles. The van der Waals surface area contributed by atoms with E-state index in [1.54, 1.807) is 0 Å². The molecule has 0 saturated heterocycles. The molecule has 0 amide bonds. The summed E-state index contributed by atoms with van der Waals surface area (Å²) >= 11 is 0. The molecule has 0 aromatic heterocycles. The van der Waals surface area contributed by atoms with Gasteiger partial charge in [-0.05, 0) is 12.8 Å². The number of rotatable bonds is 4. The first-order valence-corrected chi connectivity index (χ1v) is 3.84. The molecule has 3 N–H and O–H groups in total. The second kappa shape index (κ2) is 3.48. The van der Waals surface area contributed by atoms with Crippen molar-refractivity contribution in [2.45, 2.75) is 31.8 Å². The third kappa shape index (κ3) is 1.91. The first kappa shape index (κ1) is 8.92. The zero-order valence-corrected chi connectivity index (χ0v) is 6.87. The smallest absolute Gasteiger partial charge is 0.303 e. The number of nitrogens with one attached hydrogen (secondary N) is 2. The van der Waals surface area contributed by atoms with Crippen molar-refractivity contribution in [3.05, 3.63) is 0 Å². The first-order valence-electron chi connectivity index (χ1n) is 3.84. The van der Waals surface area contributed by atoms with Gasteiger partial charge in [0.15, 0.2) is 5.66 Å². The van der Waals surface area contributed by atoms with Gasteiger partial charge in [0.2, 0.25) is 0 Å². The molecule has 1 rings (SSSR count). The van der Waals surface area contributed by atoms with E-state index in [1.807, 2.05) is 6.92 Å². The first-order chi connectivity index (χ1) is 5.68. The van der Waals surface area contributed by atoms with Gasteiger partial charge in [0, 0.05) is 6.42 Å². The molecule has 6 nitrogen and oxygen atoms in total. The van der Waals surface area contributed by atoms with Gasteiger partial charge in [0.05, 0.1) is 0 Å². The maximum absolute atomic E-state index is 10.3. The molecule has 1 atom stereocenters. The van der Waals surface area contributed by atoms with Crippen LogP contribution in [0.25, 0.3) is 0 Å². The molecular weight excluding hydrogens is 160 g/mol. The standard InChI is InChI=1S/C6H12N4O2/c1-2-6(4-3-5(11)12)7-9-10-8-6/h2-4H2,1H3,(H,7,10)(H,8,9)(H,11,12).